The van der Waals surface area contributed by atoms with E-state index in [1.165, 1.54) is 0 Å². The Morgan fingerprint density at radius 2 is 1.85 bits per heavy atom. The monoisotopic (exact) mass is 366 g/mol. The predicted molar refractivity (Wildman–Crippen MR) is 101 cm³/mol. The maximum atomic E-state index is 5.87. The van der Waals surface area contributed by atoms with Gasteiger partial charge >= 0.3 is 0 Å². The van der Waals surface area contributed by atoms with Gasteiger partial charge in [0.25, 0.3) is 0 Å². The lowest BCUT2D eigenvalue weighted by Gasteiger charge is -2.14. The molecule has 0 bridgehead atoms. The van der Waals surface area contributed by atoms with E-state index in [0.29, 0.717) is 13.2 Å². The summed E-state index contributed by atoms with van der Waals surface area (Å²) in [5, 5.41) is 0. The molecule has 27 heavy (non-hydrogen) atoms. The number of aromatic nitrogens is 2. The lowest BCUT2D eigenvalue weighted by Crippen LogP contribution is -2.07. The van der Waals surface area contributed by atoms with Crippen LogP contribution in [-0.2, 0) is 16.0 Å². The van der Waals surface area contributed by atoms with Crippen molar-refractivity contribution >= 4 is 11.0 Å². The standard InChI is InChI=1S/C21H22N2O4/c1-2-24-20-9-14(7-8-19(20)27-13-16-12-26-16)21-22-17-5-3-4-6-18(17)23(21)10-15-11-25-15/h3-9,15-16H,2,10-13H2,1H3. The molecule has 1 aromatic heterocycles. The van der Waals surface area contributed by atoms with Crippen molar-refractivity contribution in [3.05, 3.63) is 42.5 Å². The van der Waals surface area contributed by atoms with E-state index >= 15 is 0 Å². The number of hydrogen-bond donors (Lipinski definition) is 0. The third kappa shape index (κ3) is 3.50. The van der Waals surface area contributed by atoms with Crippen LogP contribution in [0.15, 0.2) is 42.5 Å². The first kappa shape index (κ1) is 16.6. The summed E-state index contributed by atoms with van der Waals surface area (Å²) in [7, 11) is 0. The second-order valence-corrected chi connectivity index (χ2v) is 6.85. The molecule has 0 N–H and O–H groups in total. The number of para-hydroxylation sites is 2. The third-order valence-electron chi connectivity index (χ3n) is 4.77. The zero-order valence-corrected chi connectivity index (χ0v) is 15.3. The Balaban J connectivity index is 1.53. The van der Waals surface area contributed by atoms with Crippen molar-refractivity contribution in [1.82, 2.24) is 9.55 Å². The molecule has 2 fully saturated rings. The van der Waals surface area contributed by atoms with Gasteiger partial charge < -0.3 is 23.5 Å². The summed E-state index contributed by atoms with van der Waals surface area (Å²) < 4.78 is 24.6. The van der Waals surface area contributed by atoms with Crippen LogP contribution < -0.4 is 9.47 Å². The summed E-state index contributed by atoms with van der Waals surface area (Å²) in [6, 6.07) is 14.2. The maximum Gasteiger partial charge on any atom is 0.161 e. The van der Waals surface area contributed by atoms with Gasteiger partial charge in [-0.3, -0.25) is 0 Å². The highest BCUT2D eigenvalue weighted by atomic mass is 16.6. The average molecular weight is 366 g/mol. The molecule has 2 saturated heterocycles. The molecule has 0 spiro atoms. The van der Waals surface area contributed by atoms with E-state index in [9.17, 15) is 0 Å². The van der Waals surface area contributed by atoms with E-state index in [0.717, 1.165) is 53.7 Å². The van der Waals surface area contributed by atoms with E-state index < -0.39 is 0 Å². The summed E-state index contributed by atoms with van der Waals surface area (Å²) in [6.07, 6.45) is 0.482. The summed E-state index contributed by atoms with van der Waals surface area (Å²) in [5.74, 6) is 2.39. The van der Waals surface area contributed by atoms with Crippen molar-refractivity contribution in [2.45, 2.75) is 25.7 Å². The molecule has 0 aliphatic carbocycles. The van der Waals surface area contributed by atoms with Crippen molar-refractivity contribution in [2.24, 2.45) is 0 Å². The van der Waals surface area contributed by atoms with Gasteiger partial charge in [-0.05, 0) is 37.3 Å². The Labute approximate surface area is 157 Å². The lowest BCUT2D eigenvalue weighted by molar-refractivity contribution is 0.245. The minimum Gasteiger partial charge on any atom is -0.490 e. The first-order valence-corrected chi connectivity index (χ1v) is 9.40. The molecule has 2 unspecified atom stereocenters. The zero-order chi connectivity index (χ0) is 18.2. The number of nitrogens with zero attached hydrogens (tertiary/aromatic N) is 2. The van der Waals surface area contributed by atoms with E-state index in [2.05, 4.69) is 10.6 Å². The van der Waals surface area contributed by atoms with Gasteiger partial charge in [0.05, 0.1) is 43.5 Å². The van der Waals surface area contributed by atoms with Crippen LogP contribution in [0.4, 0.5) is 0 Å². The first-order valence-electron chi connectivity index (χ1n) is 9.40. The van der Waals surface area contributed by atoms with E-state index in [1.54, 1.807) is 0 Å². The molecular formula is C21H22N2O4. The number of benzene rings is 2. The van der Waals surface area contributed by atoms with E-state index in [1.807, 2.05) is 43.3 Å². The second-order valence-electron chi connectivity index (χ2n) is 6.85. The van der Waals surface area contributed by atoms with Crippen molar-refractivity contribution in [3.63, 3.8) is 0 Å². The zero-order valence-electron chi connectivity index (χ0n) is 15.3. The van der Waals surface area contributed by atoms with Crippen molar-refractivity contribution in [3.8, 4) is 22.9 Å². The topological polar surface area (TPSA) is 61.3 Å². The summed E-state index contributed by atoms with van der Waals surface area (Å²) >= 11 is 0. The number of hydrogen-bond acceptors (Lipinski definition) is 5. The normalized spacial score (nSPS) is 20.6. The second kappa shape index (κ2) is 6.87. The van der Waals surface area contributed by atoms with Gasteiger partial charge in [0.15, 0.2) is 11.5 Å². The Kier molecular flexibility index (Phi) is 4.22. The molecule has 0 saturated carbocycles. The third-order valence-corrected chi connectivity index (χ3v) is 4.77. The van der Waals surface area contributed by atoms with Crippen molar-refractivity contribution in [1.29, 1.82) is 0 Å². The molecular weight excluding hydrogens is 344 g/mol. The molecule has 140 valence electrons. The van der Waals surface area contributed by atoms with Gasteiger partial charge in [-0.2, -0.15) is 0 Å². The minimum absolute atomic E-state index is 0.210. The summed E-state index contributed by atoms with van der Waals surface area (Å²) in [6.45, 7) is 5.49. The van der Waals surface area contributed by atoms with E-state index in [4.69, 9.17) is 23.9 Å². The van der Waals surface area contributed by atoms with Gasteiger partial charge in [-0.1, -0.05) is 12.1 Å². The molecule has 6 heteroatoms. The number of epoxide rings is 2. The Morgan fingerprint density at radius 3 is 2.63 bits per heavy atom. The highest BCUT2D eigenvalue weighted by Gasteiger charge is 2.26. The first-order chi connectivity index (χ1) is 13.3. The summed E-state index contributed by atoms with van der Waals surface area (Å²) in [4.78, 5) is 4.87. The number of imidazole rings is 1. The largest absolute Gasteiger partial charge is 0.490 e. The molecule has 5 rings (SSSR count). The van der Waals surface area contributed by atoms with Crippen LogP contribution in [0.1, 0.15) is 6.92 Å². The maximum absolute atomic E-state index is 5.87. The van der Waals surface area contributed by atoms with Crippen LogP contribution in [0.2, 0.25) is 0 Å². The Morgan fingerprint density at radius 1 is 1.04 bits per heavy atom. The molecule has 2 aromatic carbocycles. The fraction of sp³-hybridized carbons (Fsp3) is 0.381. The van der Waals surface area contributed by atoms with Gasteiger partial charge in [0.2, 0.25) is 0 Å². The number of fused-ring (bicyclic) bond motifs is 1. The minimum atomic E-state index is 0.210. The van der Waals surface area contributed by atoms with Crippen LogP contribution in [-0.4, -0.2) is 48.2 Å². The van der Waals surface area contributed by atoms with Gasteiger partial charge in [0, 0.05) is 5.56 Å². The van der Waals surface area contributed by atoms with E-state index in [-0.39, 0.29) is 12.2 Å². The van der Waals surface area contributed by atoms with Crippen molar-refractivity contribution in [2.75, 3.05) is 26.4 Å². The Bertz CT molecular complexity index is 960. The fourth-order valence-electron chi connectivity index (χ4n) is 3.24. The van der Waals surface area contributed by atoms with Crippen LogP contribution in [0, 0.1) is 0 Å². The van der Waals surface area contributed by atoms with Crippen LogP contribution >= 0.6 is 0 Å². The van der Waals surface area contributed by atoms with Gasteiger partial charge in [-0.25, -0.2) is 4.98 Å². The quantitative estimate of drug-likeness (QED) is 0.573. The van der Waals surface area contributed by atoms with Crippen LogP contribution in [0.3, 0.4) is 0 Å². The molecule has 2 atom stereocenters. The number of ether oxygens (including phenoxy) is 4. The average Bonchev–Trinajstić information content (AvgIpc) is 3.60. The number of rotatable bonds is 8. The van der Waals surface area contributed by atoms with Crippen LogP contribution in [0.25, 0.3) is 22.4 Å². The molecule has 2 aliphatic heterocycles. The molecule has 6 nitrogen and oxygen atoms in total. The molecule has 0 radical (unpaired) electrons. The highest BCUT2D eigenvalue weighted by Crippen LogP contribution is 2.35. The van der Waals surface area contributed by atoms with Gasteiger partial charge in [-0.15, -0.1) is 0 Å². The van der Waals surface area contributed by atoms with Crippen molar-refractivity contribution < 1.29 is 18.9 Å². The molecule has 2 aliphatic rings. The van der Waals surface area contributed by atoms with Crippen LogP contribution in [0.5, 0.6) is 11.5 Å². The molecule has 3 heterocycles. The molecule has 3 aromatic rings. The highest BCUT2D eigenvalue weighted by molar-refractivity contribution is 5.81. The summed E-state index contributed by atoms with van der Waals surface area (Å²) in [5.41, 5.74) is 3.11. The fourth-order valence-corrected chi connectivity index (χ4v) is 3.24. The van der Waals surface area contributed by atoms with Gasteiger partial charge in [0.1, 0.15) is 18.5 Å². The Hall–Kier alpha value is -2.57. The SMILES string of the molecule is CCOc1cc(-c2nc3ccccc3n2CC2CO2)ccc1OCC1CO1. The molecule has 0 amide bonds. The lowest BCUT2D eigenvalue weighted by atomic mass is 10.2. The smallest absolute Gasteiger partial charge is 0.161 e. The predicted octanol–water partition coefficient (Wildman–Crippen LogP) is 3.28.